The first-order chi connectivity index (χ1) is 6.79. The third kappa shape index (κ3) is 2.94. The molecule has 0 amide bonds. The van der Waals surface area contributed by atoms with Gasteiger partial charge in [0.1, 0.15) is 6.04 Å². The summed E-state index contributed by atoms with van der Waals surface area (Å²) in [4.78, 5) is 13.5. The molecule has 82 valence electrons. The maximum atomic E-state index is 12.0. The summed E-state index contributed by atoms with van der Waals surface area (Å²) in [6.45, 7) is 3.47. The van der Waals surface area contributed by atoms with Crippen LogP contribution in [-0.2, 0) is 9.53 Å². The Kier molecular flexibility index (Phi) is 4.87. The Morgan fingerprint density at radius 3 is 3.07 bits per heavy atom. The average molecular weight is 203 g/mol. The minimum Gasteiger partial charge on any atom is -0.465 e. The molecule has 1 atom stereocenters. The second-order valence-corrected chi connectivity index (χ2v) is 3.49. The molecule has 0 N–H and O–H groups in total. The molecule has 1 aliphatic rings. The maximum absolute atomic E-state index is 12.0. The van der Waals surface area contributed by atoms with E-state index in [2.05, 4.69) is 0 Å². The quantitative estimate of drug-likeness (QED) is 0.632. The molecule has 14 heavy (non-hydrogen) atoms. The summed E-state index contributed by atoms with van der Waals surface area (Å²) in [6, 6.07) is -0.124. The summed E-state index contributed by atoms with van der Waals surface area (Å²) in [7, 11) is 0. The van der Waals surface area contributed by atoms with E-state index >= 15 is 0 Å². The molecule has 0 aromatic heterocycles. The van der Waals surface area contributed by atoms with Crippen LogP contribution in [0.15, 0.2) is 0 Å². The molecule has 1 saturated heterocycles. The number of ether oxygens (including phenoxy) is 1. The molecule has 1 fully saturated rings. The van der Waals surface area contributed by atoms with Gasteiger partial charge in [-0.3, -0.25) is 14.1 Å². The molecule has 3 nitrogen and oxygen atoms in total. The predicted molar refractivity (Wildman–Crippen MR) is 51.8 cm³/mol. The SMILES string of the molecule is CCOC(=O)C1CCCN1CCCF. The van der Waals surface area contributed by atoms with Crippen molar-refractivity contribution >= 4 is 5.97 Å². The number of hydrogen-bond donors (Lipinski definition) is 0. The molecule has 1 rings (SSSR count). The molecular weight excluding hydrogens is 185 g/mol. The molecule has 0 saturated carbocycles. The van der Waals surface area contributed by atoms with Gasteiger partial charge in [-0.1, -0.05) is 0 Å². The Morgan fingerprint density at radius 1 is 1.64 bits per heavy atom. The number of nitrogens with zero attached hydrogens (tertiary/aromatic N) is 1. The standard InChI is InChI=1S/C10H18FNO2/c1-2-14-10(13)9-5-3-7-12(9)8-4-6-11/h9H,2-8H2,1H3. The predicted octanol–water partition coefficient (Wildman–Crippen LogP) is 1.37. The molecule has 0 aromatic carbocycles. The van der Waals surface area contributed by atoms with Gasteiger partial charge in [-0.05, 0) is 32.7 Å². The Hall–Kier alpha value is -0.640. The van der Waals surface area contributed by atoms with Crippen LogP contribution in [0.25, 0.3) is 0 Å². The van der Waals surface area contributed by atoms with Gasteiger partial charge in [-0.2, -0.15) is 0 Å². The lowest BCUT2D eigenvalue weighted by atomic mass is 10.2. The van der Waals surface area contributed by atoms with Gasteiger partial charge in [-0.25, -0.2) is 0 Å². The fourth-order valence-corrected chi connectivity index (χ4v) is 1.86. The maximum Gasteiger partial charge on any atom is 0.323 e. The van der Waals surface area contributed by atoms with Crippen LogP contribution in [0.2, 0.25) is 0 Å². The van der Waals surface area contributed by atoms with Gasteiger partial charge in [0.25, 0.3) is 0 Å². The summed E-state index contributed by atoms with van der Waals surface area (Å²) in [5.74, 6) is -0.149. The number of rotatable bonds is 5. The van der Waals surface area contributed by atoms with Gasteiger partial charge < -0.3 is 4.74 Å². The second-order valence-electron chi connectivity index (χ2n) is 3.49. The molecule has 0 aliphatic carbocycles. The lowest BCUT2D eigenvalue weighted by molar-refractivity contribution is -0.148. The Morgan fingerprint density at radius 2 is 2.43 bits per heavy atom. The van der Waals surface area contributed by atoms with Crippen LogP contribution >= 0.6 is 0 Å². The third-order valence-electron chi connectivity index (χ3n) is 2.50. The zero-order valence-electron chi connectivity index (χ0n) is 8.67. The van der Waals surface area contributed by atoms with Crippen molar-refractivity contribution in [3.05, 3.63) is 0 Å². The first-order valence-corrected chi connectivity index (χ1v) is 5.26. The van der Waals surface area contributed by atoms with E-state index in [0.29, 0.717) is 19.6 Å². The Bertz CT molecular complexity index is 187. The molecule has 4 heteroatoms. The molecule has 0 spiro atoms. The number of halogens is 1. The Labute approximate surface area is 84.2 Å². The largest absolute Gasteiger partial charge is 0.465 e. The number of likely N-dealkylation sites (tertiary alicyclic amines) is 1. The first-order valence-electron chi connectivity index (χ1n) is 5.26. The van der Waals surface area contributed by atoms with Gasteiger partial charge >= 0.3 is 5.97 Å². The molecule has 1 heterocycles. The molecular formula is C10H18FNO2. The van der Waals surface area contributed by atoms with E-state index in [1.807, 2.05) is 4.90 Å². The number of carbonyl (C=O) groups is 1. The summed E-state index contributed by atoms with van der Waals surface area (Å²) in [5, 5.41) is 0. The second kappa shape index (κ2) is 5.96. The van der Waals surface area contributed by atoms with E-state index in [9.17, 15) is 9.18 Å². The average Bonchev–Trinajstić information content (AvgIpc) is 2.63. The third-order valence-corrected chi connectivity index (χ3v) is 2.50. The lowest BCUT2D eigenvalue weighted by Gasteiger charge is -2.21. The summed E-state index contributed by atoms with van der Waals surface area (Å²) in [6.07, 6.45) is 2.37. The van der Waals surface area contributed by atoms with Crippen molar-refractivity contribution in [2.75, 3.05) is 26.4 Å². The van der Waals surface area contributed by atoms with Crippen LogP contribution in [0, 0.1) is 0 Å². The molecule has 0 bridgehead atoms. The van der Waals surface area contributed by atoms with Gasteiger partial charge in [-0.15, -0.1) is 0 Å². The highest BCUT2D eigenvalue weighted by Gasteiger charge is 2.30. The van der Waals surface area contributed by atoms with Crippen molar-refractivity contribution in [1.82, 2.24) is 4.90 Å². The van der Waals surface area contributed by atoms with Crippen molar-refractivity contribution in [3.8, 4) is 0 Å². The van der Waals surface area contributed by atoms with Crippen molar-refractivity contribution in [3.63, 3.8) is 0 Å². The minimum atomic E-state index is -0.313. The van der Waals surface area contributed by atoms with E-state index in [-0.39, 0.29) is 18.7 Å². The van der Waals surface area contributed by atoms with Crippen LogP contribution in [0.3, 0.4) is 0 Å². The topological polar surface area (TPSA) is 29.5 Å². The molecule has 1 unspecified atom stereocenters. The fraction of sp³-hybridized carbons (Fsp3) is 0.900. The minimum absolute atomic E-state index is 0.124. The van der Waals surface area contributed by atoms with E-state index in [4.69, 9.17) is 4.74 Å². The van der Waals surface area contributed by atoms with Crippen LogP contribution < -0.4 is 0 Å². The van der Waals surface area contributed by atoms with Crippen LogP contribution in [0.4, 0.5) is 4.39 Å². The van der Waals surface area contributed by atoms with Gasteiger partial charge in [0.2, 0.25) is 0 Å². The van der Waals surface area contributed by atoms with Crippen LogP contribution in [0.1, 0.15) is 26.2 Å². The van der Waals surface area contributed by atoms with Gasteiger partial charge in [0.05, 0.1) is 13.3 Å². The number of carbonyl (C=O) groups excluding carboxylic acids is 1. The smallest absolute Gasteiger partial charge is 0.323 e. The highest BCUT2D eigenvalue weighted by molar-refractivity contribution is 5.76. The summed E-state index contributed by atoms with van der Waals surface area (Å²) in [5.41, 5.74) is 0. The fourth-order valence-electron chi connectivity index (χ4n) is 1.86. The van der Waals surface area contributed by atoms with E-state index < -0.39 is 0 Å². The zero-order valence-corrected chi connectivity index (χ0v) is 8.67. The normalized spacial score (nSPS) is 22.6. The van der Waals surface area contributed by atoms with E-state index in [1.54, 1.807) is 6.92 Å². The highest BCUT2D eigenvalue weighted by atomic mass is 19.1. The van der Waals surface area contributed by atoms with Crippen molar-refractivity contribution in [2.45, 2.75) is 32.2 Å². The zero-order chi connectivity index (χ0) is 10.4. The van der Waals surface area contributed by atoms with E-state index in [0.717, 1.165) is 19.4 Å². The summed E-state index contributed by atoms with van der Waals surface area (Å²) < 4.78 is 16.9. The lowest BCUT2D eigenvalue weighted by Crippen LogP contribution is -2.38. The van der Waals surface area contributed by atoms with Crippen molar-refractivity contribution in [1.29, 1.82) is 0 Å². The Balaban J connectivity index is 2.38. The monoisotopic (exact) mass is 203 g/mol. The number of hydrogen-bond acceptors (Lipinski definition) is 3. The van der Waals surface area contributed by atoms with E-state index in [1.165, 1.54) is 0 Å². The van der Waals surface area contributed by atoms with Crippen LogP contribution in [-0.4, -0.2) is 43.3 Å². The van der Waals surface area contributed by atoms with Gasteiger partial charge in [0.15, 0.2) is 0 Å². The van der Waals surface area contributed by atoms with Crippen molar-refractivity contribution < 1.29 is 13.9 Å². The summed E-state index contributed by atoms with van der Waals surface area (Å²) >= 11 is 0. The number of esters is 1. The molecule has 0 aromatic rings. The molecule has 0 radical (unpaired) electrons. The number of alkyl halides is 1. The highest BCUT2D eigenvalue weighted by Crippen LogP contribution is 2.18. The first kappa shape index (κ1) is 11.4. The van der Waals surface area contributed by atoms with Crippen molar-refractivity contribution in [2.24, 2.45) is 0 Å². The van der Waals surface area contributed by atoms with Gasteiger partial charge in [0, 0.05) is 6.54 Å². The molecule has 1 aliphatic heterocycles. The van der Waals surface area contributed by atoms with Crippen LogP contribution in [0.5, 0.6) is 0 Å².